The van der Waals surface area contributed by atoms with Gasteiger partial charge in [0.25, 0.3) is 0 Å². The predicted molar refractivity (Wildman–Crippen MR) is 220 cm³/mol. The summed E-state index contributed by atoms with van der Waals surface area (Å²) >= 11 is 0. The van der Waals surface area contributed by atoms with E-state index in [0.717, 1.165) is 71.9 Å². The van der Waals surface area contributed by atoms with E-state index in [2.05, 4.69) is 22.8 Å². The second-order valence-corrected chi connectivity index (χ2v) is 15.1. The number of fused-ring (bicyclic) bond motifs is 6. The molecule has 9 rings (SSSR count). The molecule has 58 heavy (non-hydrogen) atoms. The normalized spacial score (nSPS) is 12.3. The minimum absolute atomic E-state index is 0.244. The van der Waals surface area contributed by atoms with Gasteiger partial charge in [0.1, 0.15) is 0 Å². The highest BCUT2D eigenvalue weighted by Crippen LogP contribution is 2.48. The molecule has 7 aromatic carbocycles. The van der Waals surface area contributed by atoms with Crippen LogP contribution >= 0.6 is 0 Å². The summed E-state index contributed by atoms with van der Waals surface area (Å²) < 4.78 is 92.2. The molecule has 0 saturated heterocycles. The summed E-state index contributed by atoms with van der Waals surface area (Å²) in [5.41, 5.74) is 5.86. The van der Waals surface area contributed by atoms with Crippen LogP contribution in [0.5, 0.6) is 0 Å². The molecule has 0 atom stereocenters. The van der Waals surface area contributed by atoms with Crippen molar-refractivity contribution in [1.82, 2.24) is 9.13 Å². The van der Waals surface area contributed by atoms with Crippen LogP contribution in [-0.2, 0) is 12.4 Å². The first kappa shape index (κ1) is 36.8. The lowest BCUT2D eigenvalue weighted by molar-refractivity contribution is -0.142. The first-order chi connectivity index (χ1) is 27.6. The molecular weight excluding hydrogens is 745 g/mol. The van der Waals surface area contributed by atoms with Crippen molar-refractivity contribution in [3.63, 3.8) is 0 Å². The largest absolute Gasteiger partial charge is 0.417 e. The van der Waals surface area contributed by atoms with Gasteiger partial charge in [-0.05, 0) is 112 Å². The monoisotopic (exact) mass is 777 g/mol. The van der Waals surface area contributed by atoms with Gasteiger partial charge in [-0.15, -0.1) is 0 Å². The summed E-state index contributed by atoms with van der Waals surface area (Å²) in [6.07, 6.45) is -10.2. The van der Waals surface area contributed by atoms with Crippen molar-refractivity contribution < 1.29 is 26.3 Å². The number of benzene rings is 7. The molecule has 2 heterocycles. The maximum Gasteiger partial charge on any atom is 0.417 e. The van der Waals surface area contributed by atoms with E-state index < -0.39 is 29.0 Å². The average Bonchev–Trinajstić information content (AvgIpc) is 3.67. The Morgan fingerprint density at radius 1 is 0.448 bits per heavy atom. The lowest BCUT2D eigenvalue weighted by atomic mass is 9.90. The van der Waals surface area contributed by atoms with E-state index in [-0.39, 0.29) is 5.56 Å². The lowest BCUT2D eigenvalue weighted by Crippen LogP contribution is -2.14. The zero-order chi connectivity index (χ0) is 40.8. The summed E-state index contributed by atoms with van der Waals surface area (Å²) in [5, 5.41) is 14.0. The van der Waals surface area contributed by atoms with E-state index >= 15 is 0 Å². The smallest absolute Gasteiger partial charge is 0.309 e. The first-order valence-electron chi connectivity index (χ1n) is 18.6. The van der Waals surface area contributed by atoms with Gasteiger partial charge in [-0.2, -0.15) is 31.6 Å². The predicted octanol–water partition coefficient (Wildman–Crippen LogP) is 14.4. The Morgan fingerprint density at radius 3 is 1.21 bits per heavy atom. The molecular formula is C49H33F6N3. The second kappa shape index (κ2) is 13.1. The van der Waals surface area contributed by atoms with Crippen LogP contribution in [0.2, 0.25) is 0 Å². The zero-order valence-electron chi connectivity index (χ0n) is 31.7. The molecule has 3 nitrogen and oxygen atoms in total. The van der Waals surface area contributed by atoms with Gasteiger partial charge < -0.3 is 9.13 Å². The number of rotatable bonds is 4. The molecule has 9 aromatic rings. The van der Waals surface area contributed by atoms with Crippen LogP contribution in [0.25, 0.3) is 77.2 Å². The van der Waals surface area contributed by atoms with Crippen LogP contribution in [-0.4, -0.2) is 9.13 Å². The van der Waals surface area contributed by atoms with Crippen LogP contribution in [0.1, 0.15) is 38.9 Å². The van der Waals surface area contributed by atoms with Crippen LogP contribution in [0.15, 0.2) is 127 Å². The molecule has 0 spiro atoms. The van der Waals surface area contributed by atoms with Gasteiger partial charge in [0.15, 0.2) is 0 Å². The Balaban J connectivity index is 1.45. The Morgan fingerprint density at radius 2 is 0.828 bits per heavy atom. The first-order valence-corrected chi connectivity index (χ1v) is 18.6. The molecule has 0 saturated carbocycles. The Bertz CT molecular complexity index is 3060. The molecule has 0 aliphatic heterocycles. The third kappa shape index (κ3) is 5.90. The SMILES string of the molecule is Cc1ccc2c(c1)c1cc(C)ccc1n2-c1cc(C#N)ccc1-c1ccc(-c2c(C(F)(F)F)cccc2C(F)(F)F)cc1-n1c2ccc(C)cc2c2cc(C)ccc21. The Kier molecular flexibility index (Phi) is 8.34. The molecule has 0 radical (unpaired) electrons. The lowest BCUT2D eigenvalue weighted by Gasteiger charge is -2.22. The van der Waals surface area contributed by atoms with Crippen molar-refractivity contribution in [2.24, 2.45) is 0 Å². The van der Waals surface area contributed by atoms with Crippen molar-refractivity contribution in [1.29, 1.82) is 5.26 Å². The fourth-order valence-electron chi connectivity index (χ4n) is 8.47. The maximum absolute atomic E-state index is 14.7. The van der Waals surface area contributed by atoms with Gasteiger partial charge >= 0.3 is 12.4 Å². The van der Waals surface area contributed by atoms with Gasteiger partial charge in [0.05, 0.1) is 56.2 Å². The van der Waals surface area contributed by atoms with E-state index in [0.29, 0.717) is 40.2 Å². The molecule has 286 valence electrons. The second-order valence-electron chi connectivity index (χ2n) is 15.1. The third-order valence-electron chi connectivity index (χ3n) is 11.0. The van der Waals surface area contributed by atoms with E-state index in [1.54, 1.807) is 24.3 Å². The number of aromatic nitrogens is 2. The fourth-order valence-corrected chi connectivity index (χ4v) is 8.47. The van der Waals surface area contributed by atoms with E-state index in [9.17, 15) is 31.6 Å². The van der Waals surface area contributed by atoms with Gasteiger partial charge in [-0.25, -0.2) is 0 Å². The highest BCUT2D eigenvalue weighted by atomic mass is 19.4. The van der Waals surface area contributed by atoms with Crippen molar-refractivity contribution in [3.05, 3.63) is 166 Å². The fraction of sp³-hybridized carbons (Fsp3) is 0.122. The summed E-state index contributed by atoms with van der Waals surface area (Å²) in [6.45, 7) is 7.97. The summed E-state index contributed by atoms with van der Waals surface area (Å²) in [5.74, 6) is 0. The topological polar surface area (TPSA) is 33.6 Å². The summed E-state index contributed by atoms with van der Waals surface area (Å²) in [4.78, 5) is 0. The molecule has 0 unspecified atom stereocenters. The van der Waals surface area contributed by atoms with E-state index in [1.807, 2.05) is 92.9 Å². The number of hydrogen-bond donors (Lipinski definition) is 0. The average molecular weight is 778 g/mol. The number of halogens is 6. The molecule has 2 aromatic heterocycles. The van der Waals surface area contributed by atoms with Crippen LogP contribution in [0, 0.1) is 39.0 Å². The number of nitrogens with zero attached hydrogens (tertiary/aromatic N) is 3. The number of aryl methyl sites for hydroxylation is 4. The molecule has 0 N–H and O–H groups in total. The van der Waals surface area contributed by atoms with Gasteiger partial charge in [-0.3, -0.25) is 0 Å². The van der Waals surface area contributed by atoms with E-state index in [4.69, 9.17) is 0 Å². The molecule has 0 aliphatic rings. The Labute approximate surface area is 329 Å². The zero-order valence-corrected chi connectivity index (χ0v) is 31.7. The molecule has 0 bridgehead atoms. The van der Waals surface area contributed by atoms with Crippen molar-refractivity contribution >= 4 is 43.6 Å². The quantitative estimate of drug-likeness (QED) is 0.164. The highest BCUT2D eigenvalue weighted by Gasteiger charge is 2.41. The number of nitriles is 1. The molecule has 0 amide bonds. The minimum Gasteiger partial charge on any atom is -0.309 e. The Hall–Kier alpha value is -6.79. The van der Waals surface area contributed by atoms with Crippen LogP contribution < -0.4 is 0 Å². The van der Waals surface area contributed by atoms with Gasteiger partial charge in [0.2, 0.25) is 0 Å². The van der Waals surface area contributed by atoms with Crippen molar-refractivity contribution in [3.8, 4) is 39.7 Å². The number of hydrogen-bond acceptors (Lipinski definition) is 1. The summed E-state index contributed by atoms with van der Waals surface area (Å²) in [7, 11) is 0. The molecule has 0 aliphatic carbocycles. The van der Waals surface area contributed by atoms with Gasteiger partial charge in [0, 0.05) is 38.2 Å². The number of alkyl halides is 6. The summed E-state index contributed by atoms with van der Waals surface area (Å²) in [6, 6.07) is 38.2. The van der Waals surface area contributed by atoms with Crippen LogP contribution in [0.4, 0.5) is 26.3 Å². The molecule has 9 heteroatoms. The molecule has 0 fully saturated rings. The van der Waals surface area contributed by atoms with Gasteiger partial charge in [-0.1, -0.05) is 70.8 Å². The highest BCUT2D eigenvalue weighted by molar-refractivity contribution is 6.12. The standard InChI is InChI=1S/C49H33F6N3/c1-27-8-16-41-35(20-27)36-21-28(2)9-17-42(36)57(41)45-24-31(26-56)12-14-33(45)34-15-13-32(47-39(48(50,51)52)6-5-7-40(47)49(53,54)55)25-46(34)58-43-18-10-29(3)22-37(43)38-23-30(4)11-19-44(38)58/h5-25H,1-4H3. The third-order valence-corrected chi connectivity index (χ3v) is 11.0. The maximum atomic E-state index is 14.7. The van der Waals surface area contributed by atoms with Crippen LogP contribution in [0.3, 0.4) is 0 Å². The minimum atomic E-state index is -5.08. The van der Waals surface area contributed by atoms with E-state index in [1.165, 1.54) is 12.1 Å². The van der Waals surface area contributed by atoms with Crippen molar-refractivity contribution in [2.75, 3.05) is 0 Å². The van der Waals surface area contributed by atoms with Crippen molar-refractivity contribution in [2.45, 2.75) is 40.0 Å².